The Morgan fingerprint density at radius 3 is 2.50 bits per heavy atom. The van der Waals surface area contributed by atoms with E-state index >= 15 is 0 Å². The van der Waals surface area contributed by atoms with Gasteiger partial charge in [0.15, 0.2) is 0 Å². The van der Waals surface area contributed by atoms with Crippen molar-refractivity contribution in [1.29, 1.82) is 0 Å². The van der Waals surface area contributed by atoms with Gasteiger partial charge in [0, 0.05) is 41.4 Å². The Bertz CT molecular complexity index is 1290. The lowest BCUT2D eigenvalue weighted by Crippen LogP contribution is -2.54. The molecular formula is C26H32N4O5S. The highest BCUT2D eigenvalue weighted by atomic mass is 32.2. The molecule has 1 saturated carbocycles. The molecule has 0 aliphatic heterocycles. The standard InChI is InChI=1S/C26H32N4O5S/c1-18(2)30(21-6-4-3-5-7-21)36(33,34)29-24(26(31)32)16-19-8-10-22(11-9-19)35-25-23-13-14-27-17-20(23)12-15-28-25/h8-15,17-18,21,24,29H,3-7,16H2,1-2H3,(H,31,32). The number of carboxylic acids is 1. The van der Waals surface area contributed by atoms with Crippen molar-refractivity contribution < 1.29 is 23.1 Å². The molecule has 1 unspecified atom stereocenters. The fourth-order valence-corrected chi connectivity index (χ4v) is 6.59. The van der Waals surface area contributed by atoms with Crippen LogP contribution in [0, 0.1) is 0 Å². The third kappa shape index (κ3) is 6.18. The van der Waals surface area contributed by atoms with Crippen LogP contribution in [0.15, 0.2) is 55.0 Å². The molecule has 1 fully saturated rings. The van der Waals surface area contributed by atoms with Gasteiger partial charge < -0.3 is 9.84 Å². The normalized spacial score (nSPS) is 15.9. The largest absolute Gasteiger partial charge is 0.480 e. The molecule has 2 N–H and O–H groups in total. The number of ether oxygens (including phenoxy) is 1. The lowest BCUT2D eigenvalue weighted by molar-refractivity contribution is -0.139. The minimum Gasteiger partial charge on any atom is -0.480 e. The Morgan fingerprint density at radius 1 is 1.11 bits per heavy atom. The van der Waals surface area contributed by atoms with Gasteiger partial charge in [-0.3, -0.25) is 9.78 Å². The van der Waals surface area contributed by atoms with Crippen LogP contribution in [0.2, 0.25) is 0 Å². The molecule has 1 atom stereocenters. The molecule has 1 aliphatic carbocycles. The van der Waals surface area contributed by atoms with Crippen LogP contribution in [0.4, 0.5) is 0 Å². The molecule has 0 amide bonds. The number of nitrogens with zero attached hydrogens (tertiary/aromatic N) is 3. The van der Waals surface area contributed by atoms with Crippen molar-refractivity contribution in [3.05, 3.63) is 60.6 Å². The van der Waals surface area contributed by atoms with E-state index in [-0.39, 0.29) is 18.5 Å². The molecule has 36 heavy (non-hydrogen) atoms. The summed E-state index contributed by atoms with van der Waals surface area (Å²) in [6.07, 6.45) is 9.68. The van der Waals surface area contributed by atoms with Gasteiger partial charge in [-0.25, -0.2) is 4.98 Å². The molecule has 9 nitrogen and oxygen atoms in total. The number of carbonyl (C=O) groups is 1. The topological polar surface area (TPSA) is 122 Å². The van der Waals surface area contributed by atoms with E-state index < -0.39 is 22.2 Å². The van der Waals surface area contributed by atoms with Gasteiger partial charge in [-0.15, -0.1) is 0 Å². The quantitative estimate of drug-likeness (QED) is 0.415. The van der Waals surface area contributed by atoms with E-state index in [1.165, 1.54) is 4.31 Å². The smallest absolute Gasteiger partial charge is 0.322 e. The summed E-state index contributed by atoms with van der Waals surface area (Å²) in [6.45, 7) is 3.65. The fraction of sp³-hybridized carbons (Fsp3) is 0.423. The predicted octanol–water partition coefficient (Wildman–Crippen LogP) is 4.30. The highest BCUT2D eigenvalue weighted by molar-refractivity contribution is 7.87. The monoisotopic (exact) mass is 512 g/mol. The lowest BCUT2D eigenvalue weighted by Gasteiger charge is -2.36. The molecule has 2 heterocycles. The first-order chi connectivity index (χ1) is 17.2. The lowest BCUT2D eigenvalue weighted by atomic mass is 9.95. The van der Waals surface area contributed by atoms with E-state index in [9.17, 15) is 18.3 Å². The first kappa shape index (κ1) is 26.0. The van der Waals surface area contributed by atoms with Crippen LogP contribution in [-0.2, 0) is 21.4 Å². The minimum absolute atomic E-state index is 0.00360. The molecule has 4 rings (SSSR count). The van der Waals surface area contributed by atoms with Crippen molar-refractivity contribution in [2.75, 3.05) is 0 Å². The summed E-state index contributed by atoms with van der Waals surface area (Å²) in [6, 6.07) is 8.89. The summed E-state index contributed by atoms with van der Waals surface area (Å²) in [5.41, 5.74) is 0.668. The van der Waals surface area contributed by atoms with Crippen molar-refractivity contribution in [3.8, 4) is 11.6 Å². The average molecular weight is 513 g/mol. The average Bonchev–Trinajstić information content (AvgIpc) is 2.85. The van der Waals surface area contributed by atoms with Gasteiger partial charge in [0.25, 0.3) is 10.2 Å². The van der Waals surface area contributed by atoms with Crippen LogP contribution in [-0.4, -0.2) is 51.9 Å². The van der Waals surface area contributed by atoms with E-state index in [0.717, 1.165) is 42.9 Å². The SMILES string of the molecule is CC(C)N(C1CCCCC1)S(=O)(=O)NC(Cc1ccc(Oc2nccc3cnccc23)cc1)C(=O)O. The highest BCUT2D eigenvalue weighted by Gasteiger charge is 2.36. The number of aliphatic carboxylic acids is 1. The summed E-state index contributed by atoms with van der Waals surface area (Å²) >= 11 is 0. The Hall–Kier alpha value is -3.08. The number of aromatic nitrogens is 2. The first-order valence-corrected chi connectivity index (χ1v) is 13.7. The van der Waals surface area contributed by atoms with Crippen LogP contribution in [0.5, 0.6) is 11.6 Å². The summed E-state index contributed by atoms with van der Waals surface area (Å²) in [5, 5.41) is 11.5. The zero-order valence-corrected chi connectivity index (χ0v) is 21.3. The molecule has 192 valence electrons. The van der Waals surface area contributed by atoms with Crippen molar-refractivity contribution >= 4 is 27.0 Å². The van der Waals surface area contributed by atoms with Crippen molar-refractivity contribution in [2.45, 2.75) is 70.5 Å². The van der Waals surface area contributed by atoms with Gasteiger partial charge >= 0.3 is 5.97 Å². The van der Waals surface area contributed by atoms with Gasteiger partial charge in [0.05, 0.1) is 0 Å². The van der Waals surface area contributed by atoms with Crippen LogP contribution >= 0.6 is 0 Å². The third-order valence-electron chi connectivity index (χ3n) is 6.42. The summed E-state index contributed by atoms with van der Waals surface area (Å²) in [7, 11) is -3.99. The number of benzene rings is 1. The molecule has 3 aromatic rings. The third-order valence-corrected chi connectivity index (χ3v) is 8.27. The van der Waals surface area contributed by atoms with Gasteiger partial charge in [-0.1, -0.05) is 31.4 Å². The Labute approximate surface area is 211 Å². The maximum Gasteiger partial charge on any atom is 0.322 e. The van der Waals surface area contributed by atoms with Crippen LogP contribution < -0.4 is 9.46 Å². The number of pyridine rings is 2. The van der Waals surface area contributed by atoms with Crippen molar-refractivity contribution in [3.63, 3.8) is 0 Å². The van der Waals surface area contributed by atoms with Gasteiger partial charge in [0.2, 0.25) is 5.88 Å². The molecule has 1 aliphatic rings. The number of nitrogens with one attached hydrogen (secondary N) is 1. The molecule has 0 spiro atoms. The predicted molar refractivity (Wildman–Crippen MR) is 137 cm³/mol. The number of fused-ring (bicyclic) bond motifs is 1. The van der Waals surface area contributed by atoms with E-state index in [1.807, 2.05) is 26.0 Å². The summed E-state index contributed by atoms with van der Waals surface area (Å²) in [5.74, 6) is -0.249. The van der Waals surface area contributed by atoms with Crippen LogP contribution in [0.25, 0.3) is 10.8 Å². The number of hydrogen-bond donors (Lipinski definition) is 2. The summed E-state index contributed by atoms with van der Waals surface area (Å²) in [4.78, 5) is 20.4. The van der Waals surface area contributed by atoms with Crippen LogP contribution in [0.3, 0.4) is 0 Å². The van der Waals surface area contributed by atoms with E-state index in [2.05, 4.69) is 14.7 Å². The van der Waals surface area contributed by atoms with E-state index in [4.69, 9.17) is 4.74 Å². The maximum atomic E-state index is 13.3. The Morgan fingerprint density at radius 2 is 1.83 bits per heavy atom. The molecule has 0 saturated heterocycles. The van der Waals surface area contributed by atoms with E-state index in [1.54, 1.807) is 42.9 Å². The second-order valence-electron chi connectivity index (χ2n) is 9.39. The van der Waals surface area contributed by atoms with Gasteiger partial charge in [0.1, 0.15) is 11.8 Å². The van der Waals surface area contributed by atoms with Gasteiger partial charge in [-0.05, 0) is 62.9 Å². The fourth-order valence-electron chi connectivity index (χ4n) is 4.76. The molecular weight excluding hydrogens is 480 g/mol. The highest BCUT2D eigenvalue weighted by Crippen LogP contribution is 2.28. The van der Waals surface area contributed by atoms with Crippen molar-refractivity contribution in [1.82, 2.24) is 19.0 Å². The second-order valence-corrected chi connectivity index (χ2v) is 11.0. The van der Waals surface area contributed by atoms with Crippen LogP contribution in [0.1, 0.15) is 51.5 Å². The number of hydrogen-bond acceptors (Lipinski definition) is 6. The zero-order valence-electron chi connectivity index (χ0n) is 20.5. The molecule has 2 aromatic heterocycles. The zero-order chi connectivity index (χ0) is 25.7. The number of carboxylic acid groups (broad SMARTS) is 1. The maximum absolute atomic E-state index is 13.3. The number of rotatable bonds is 10. The van der Waals surface area contributed by atoms with Gasteiger partial charge in [-0.2, -0.15) is 17.4 Å². The Balaban J connectivity index is 1.46. The molecule has 10 heteroatoms. The Kier molecular flexibility index (Phi) is 8.17. The van der Waals surface area contributed by atoms with E-state index in [0.29, 0.717) is 17.2 Å². The molecule has 0 bridgehead atoms. The molecule has 0 radical (unpaired) electrons. The second kappa shape index (κ2) is 11.3. The molecule has 1 aromatic carbocycles. The van der Waals surface area contributed by atoms with Crippen molar-refractivity contribution in [2.24, 2.45) is 0 Å². The first-order valence-electron chi connectivity index (χ1n) is 12.2. The summed E-state index contributed by atoms with van der Waals surface area (Å²) < 4.78 is 36.3. The minimum atomic E-state index is -3.99.